The van der Waals surface area contributed by atoms with Crippen molar-refractivity contribution in [1.82, 2.24) is 0 Å². The largest absolute Gasteiger partial charge is 0.396 e. The lowest BCUT2D eigenvalue weighted by molar-refractivity contribution is -0.0313. The highest BCUT2D eigenvalue weighted by molar-refractivity contribution is 7.41. The van der Waals surface area contributed by atoms with Gasteiger partial charge < -0.3 is 28.9 Å². The van der Waals surface area contributed by atoms with E-state index >= 15 is 0 Å². The van der Waals surface area contributed by atoms with Gasteiger partial charge in [0.2, 0.25) is 0 Å². The molecule has 0 saturated heterocycles. The molecule has 0 saturated carbocycles. The molecule has 0 bridgehead atoms. The summed E-state index contributed by atoms with van der Waals surface area (Å²) in [4.78, 5) is 0. The Kier molecular flexibility index (Phi) is 24.5. The van der Waals surface area contributed by atoms with Gasteiger partial charge in [-0.05, 0) is 12.8 Å². The van der Waals surface area contributed by atoms with Crippen LogP contribution < -0.4 is 0 Å². The molecule has 32 heavy (non-hydrogen) atoms. The second kappa shape index (κ2) is 24.3. The Balaban J connectivity index is 4.12. The first-order valence-electron chi connectivity index (χ1n) is 13.2. The summed E-state index contributed by atoms with van der Waals surface area (Å²) < 4.78 is 17.5. The monoisotopic (exact) mass is 480 g/mol. The summed E-state index contributed by atoms with van der Waals surface area (Å²) in [6, 6.07) is 0. The van der Waals surface area contributed by atoms with Crippen LogP contribution in [0.3, 0.4) is 0 Å². The van der Waals surface area contributed by atoms with Crippen molar-refractivity contribution in [3.8, 4) is 0 Å². The molecule has 7 heteroatoms. The van der Waals surface area contributed by atoms with Gasteiger partial charge in [0.1, 0.15) is 0 Å². The molecular formula is C25H53O6P. The number of hydrogen-bond acceptors (Lipinski definition) is 6. The van der Waals surface area contributed by atoms with E-state index in [9.17, 15) is 15.3 Å². The van der Waals surface area contributed by atoms with Crippen molar-refractivity contribution < 1.29 is 28.9 Å². The van der Waals surface area contributed by atoms with Crippen molar-refractivity contribution in [1.29, 1.82) is 0 Å². The molecule has 0 atom stereocenters. The molecule has 0 heterocycles. The highest BCUT2D eigenvalue weighted by Crippen LogP contribution is 2.41. The molecule has 0 aromatic carbocycles. The number of unbranched alkanes of at least 4 members (excludes halogenated alkanes) is 14. The van der Waals surface area contributed by atoms with E-state index in [1.54, 1.807) is 0 Å². The van der Waals surface area contributed by atoms with E-state index in [-0.39, 0.29) is 26.4 Å². The molecule has 0 aliphatic heterocycles. The normalized spacial score (nSPS) is 12.2. The molecule has 0 unspecified atom stereocenters. The second-order valence-electron chi connectivity index (χ2n) is 9.09. The predicted octanol–water partition coefficient (Wildman–Crippen LogP) is 6.51. The molecule has 0 aliphatic rings. The van der Waals surface area contributed by atoms with Gasteiger partial charge in [-0.3, -0.25) is 0 Å². The minimum atomic E-state index is -1.54. The van der Waals surface area contributed by atoms with Gasteiger partial charge in [0.05, 0.1) is 45.1 Å². The number of aliphatic hydroxyl groups excluding tert-OH is 3. The Hall–Kier alpha value is 0.190. The first kappa shape index (κ1) is 32.2. The zero-order valence-corrected chi connectivity index (χ0v) is 22.0. The fourth-order valence-electron chi connectivity index (χ4n) is 3.34. The van der Waals surface area contributed by atoms with Crippen LogP contribution in [0.4, 0.5) is 0 Å². The SMILES string of the molecule is CCCCCCCCCCOP(OCCCCCCCCCC)OCC(CO)(CO)CO. The topological polar surface area (TPSA) is 88.4 Å². The number of aliphatic hydroxyl groups is 3. The Morgan fingerprint density at radius 3 is 1.19 bits per heavy atom. The van der Waals surface area contributed by atoms with Crippen LogP contribution >= 0.6 is 8.60 Å². The van der Waals surface area contributed by atoms with Gasteiger partial charge in [0.25, 0.3) is 0 Å². The first-order valence-corrected chi connectivity index (χ1v) is 14.3. The second-order valence-corrected chi connectivity index (χ2v) is 10.3. The van der Waals surface area contributed by atoms with Gasteiger partial charge in [-0.2, -0.15) is 0 Å². The molecule has 0 rings (SSSR count). The van der Waals surface area contributed by atoms with E-state index < -0.39 is 14.0 Å². The van der Waals surface area contributed by atoms with Gasteiger partial charge >= 0.3 is 8.60 Å². The summed E-state index contributed by atoms with van der Waals surface area (Å²) in [5, 5.41) is 28.5. The zero-order chi connectivity index (χ0) is 23.8. The van der Waals surface area contributed by atoms with Crippen molar-refractivity contribution in [2.45, 2.75) is 117 Å². The van der Waals surface area contributed by atoms with E-state index in [0.717, 1.165) is 25.7 Å². The summed E-state index contributed by atoms with van der Waals surface area (Å²) in [5.74, 6) is 0. The standard InChI is InChI=1S/C25H53O6P/c1-3-5-7-9-11-13-15-17-19-29-32(31-24-25(21-26,22-27)23-28)30-20-18-16-14-12-10-8-6-4-2/h26-28H,3-24H2,1-2H3. The minimum Gasteiger partial charge on any atom is -0.396 e. The quantitative estimate of drug-likeness (QED) is 0.0966. The fraction of sp³-hybridized carbons (Fsp3) is 1.00. The maximum absolute atomic E-state index is 9.52. The molecule has 0 spiro atoms. The Morgan fingerprint density at radius 1 is 0.500 bits per heavy atom. The van der Waals surface area contributed by atoms with Crippen LogP contribution in [-0.2, 0) is 13.6 Å². The van der Waals surface area contributed by atoms with Crippen LogP contribution in [0.2, 0.25) is 0 Å². The molecule has 0 radical (unpaired) electrons. The third kappa shape index (κ3) is 18.6. The smallest absolute Gasteiger partial charge is 0.332 e. The molecule has 0 amide bonds. The van der Waals surface area contributed by atoms with Crippen molar-refractivity contribution in [3.63, 3.8) is 0 Å². The van der Waals surface area contributed by atoms with E-state index in [4.69, 9.17) is 13.6 Å². The highest BCUT2D eigenvalue weighted by Gasteiger charge is 2.30. The van der Waals surface area contributed by atoms with Crippen LogP contribution in [0.25, 0.3) is 0 Å². The molecular weight excluding hydrogens is 427 g/mol. The predicted molar refractivity (Wildman–Crippen MR) is 134 cm³/mol. The van der Waals surface area contributed by atoms with Gasteiger partial charge in [0.15, 0.2) is 0 Å². The van der Waals surface area contributed by atoms with E-state index in [1.165, 1.54) is 77.0 Å². The van der Waals surface area contributed by atoms with Crippen molar-refractivity contribution >= 4 is 8.60 Å². The maximum atomic E-state index is 9.52. The zero-order valence-electron chi connectivity index (χ0n) is 21.1. The van der Waals surface area contributed by atoms with Gasteiger partial charge in [0, 0.05) is 0 Å². The minimum absolute atomic E-state index is 0.0110. The summed E-state index contributed by atoms with van der Waals surface area (Å²) >= 11 is 0. The molecule has 0 aliphatic carbocycles. The third-order valence-corrected chi connectivity index (χ3v) is 7.00. The van der Waals surface area contributed by atoms with Crippen molar-refractivity contribution in [2.24, 2.45) is 5.41 Å². The third-order valence-electron chi connectivity index (χ3n) is 5.87. The van der Waals surface area contributed by atoms with E-state index in [2.05, 4.69) is 13.8 Å². The van der Waals surface area contributed by atoms with Crippen LogP contribution in [0.5, 0.6) is 0 Å². The number of rotatable bonds is 26. The van der Waals surface area contributed by atoms with E-state index in [0.29, 0.717) is 13.2 Å². The van der Waals surface area contributed by atoms with Crippen LogP contribution in [0, 0.1) is 5.41 Å². The average molecular weight is 481 g/mol. The Morgan fingerprint density at radius 2 is 0.844 bits per heavy atom. The summed E-state index contributed by atoms with van der Waals surface area (Å²) in [7, 11) is -1.54. The van der Waals surface area contributed by atoms with Crippen molar-refractivity contribution in [3.05, 3.63) is 0 Å². The van der Waals surface area contributed by atoms with Gasteiger partial charge in [-0.1, -0.05) is 104 Å². The fourth-order valence-corrected chi connectivity index (χ4v) is 4.50. The molecule has 3 N–H and O–H groups in total. The first-order chi connectivity index (χ1) is 15.7. The highest BCUT2D eigenvalue weighted by atomic mass is 31.2. The molecule has 0 aromatic heterocycles. The lowest BCUT2D eigenvalue weighted by atomic mass is 9.93. The molecule has 0 fully saturated rings. The Bertz CT molecular complexity index is 338. The Labute approximate surface area is 199 Å². The summed E-state index contributed by atoms with van der Waals surface area (Å²) in [6.45, 7) is 4.61. The van der Waals surface area contributed by atoms with E-state index in [1.807, 2.05) is 0 Å². The van der Waals surface area contributed by atoms with Gasteiger partial charge in [-0.25, -0.2) is 0 Å². The molecule has 6 nitrogen and oxygen atoms in total. The van der Waals surface area contributed by atoms with Crippen LogP contribution in [0.1, 0.15) is 117 Å². The lowest BCUT2D eigenvalue weighted by Crippen LogP contribution is -2.38. The van der Waals surface area contributed by atoms with Crippen LogP contribution in [0.15, 0.2) is 0 Å². The summed E-state index contributed by atoms with van der Waals surface area (Å²) in [6.07, 6.45) is 19.8. The number of hydrogen-bond donors (Lipinski definition) is 3. The van der Waals surface area contributed by atoms with Gasteiger partial charge in [-0.15, -0.1) is 0 Å². The molecule has 0 aromatic rings. The summed E-state index contributed by atoms with van der Waals surface area (Å²) in [5.41, 5.74) is -1.07. The maximum Gasteiger partial charge on any atom is 0.332 e. The molecule has 194 valence electrons. The lowest BCUT2D eigenvalue weighted by Gasteiger charge is -2.28. The van der Waals surface area contributed by atoms with Crippen molar-refractivity contribution in [2.75, 3.05) is 39.6 Å². The average Bonchev–Trinajstić information content (AvgIpc) is 2.82. The van der Waals surface area contributed by atoms with Crippen LogP contribution in [-0.4, -0.2) is 55.0 Å².